The van der Waals surface area contributed by atoms with Crippen molar-refractivity contribution in [3.63, 3.8) is 0 Å². The van der Waals surface area contributed by atoms with E-state index in [4.69, 9.17) is 10.2 Å². The van der Waals surface area contributed by atoms with Gasteiger partial charge in [-0.2, -0.15) is 0 Å². The standard InChI is InChI=1S/C12H14N4O2/c1-7-6-9(16-12(13)14-7)11(17)15-8(2)10-4-3-5-18-10/h3-6,8H,1-2H3,(H,15,17)(H2,13,14,16). The molecule has 0 aliphatic heterocycles. The Morgan fingerprint density at radius 2 is 2.28 bits per heavy atom. The van der Waals surface area contributed by atoms with Crippen molar-refractivity contribution in [1.82, 2.24) is 15.3 Å². The van der Waals surface area contributed by atoms with Crippen LogP contribution in [0.25, 0.3) is 0 Å². The third-order valence-electron chi connectivity index (χ3n) is 2.42. The predicted molar refractivity (Wildman–Crippen MR) is 65.8 cm³/mol. The lowest BCUT2D eigenvalue weighted by molar-refractivity contribution is 0.0930. The van der Waals surface area contributed by atoms with Gasteiger partial charge in [-0.3, -0.25) is 4.79 Å². The number of nitrogens with one attached hydrogen (secondary N) is 1. The number of carbonyl (C=O) groups is 1. The summed E-state index contributed by atoms with van der Waals surface area (Å²) in [6.07, 6.45) is 1.56. The Hall–Kier alpha value is -2.37. The summed E-state index contributed by atoms with van der Waals surface area (Å²) in [6.45, 7) is 3.58. The summed E-state index contributed by atoms with van der Waals surface area (Å²) in [5, 5.41) is 2.77. The third-order valence-corrected chi connectivity index (χ3v) is 2.42. The first kappa shape index (κ1) is 12.1. The molecule has 0 aliphatic carbocycles. The maximum Gasteiger partial charge on any atom is 0.270 e. The third kappa shape index (κ3) is 2.65. The molecule has 0 spiro atoms. The highest BCUT2D eigenvalue weighted by molar-refractivity contribution is 5.92. The van der Waals surface area contributed by atoms with Crippen molar-refractivity contribution in [1.29, 1.82) is 0 Å². The zero-order chi connectivity index (χ0) is 13.1. The summed E-state index contributed by atoms with van der Waals surface area (Å²) in [7, 11) is 0. The summed E-state index contributed by atoms with van der Waals surface area (Å²) >= 11 is 0. The lowest BCUT2D eigenvalue weighted by atomic mass is 10.2. The van der Waals surface area contributed by atoms with Gasteiger partial charge < -0.3 is 15.5 Å². The van der Waals surface area contributed by atoms with Crippen LogP contribution in [0, 0.1) is 6.92 Å². The van der Waals surface area contributed by atoms with E-state index in [1.165, 1.54) is 0 Å². The highest BCUT2D eigenvalue weighted by Gasteiger charge is 2.15. The molecule has 1 unspecified atom stereocenters. The molecule has 2 heterocycles. The second kappa shape index (κ2) is 4.87. The number of hydrogen-bond donors (Lipinski definition) is 2. The Kier molecular flexibility index (Phi) is 3.27. The van der Waals surface area contributed by atoms with Crippen molar-refractivity contribution >= 4 is 11.9 Å². The normalized spacial score (nSPS) is 12.1. The number of aromatic nitrogens is 2. The zero-order valence-corrected chi connectivity index (χ0v) is 10.2. The van der Waals surface area contributed by atoms with Crippen LogP contribution in [-0.2, 0) is 0 Å². The van der Waals surface area contributed by atoms with Crippen LogP contribution in [0.3, 0.4) is 0 Å². The summed E-state index contributed by atoms with van der Waals surface area (Å²) in [4.78, 5) is 19.8. The van der Waals surface area contributed by atoms with Crippen LogP contribution in [0.1, 0.15) is 34.9 Å². The molecule has 2 rings (SSSR count). The zero-order valence-electron chi connectivity index (χ0n) is 10.2. The fourth-order valence-corrected chi connectivity index (χ4v) is 1.59. The van der Waals surface area contributed by atoms with Crippen molar-refractivity contribution in [3.05, 3.63) is 41.6 Å². The molecule has 0 radical (unpaired) electrons. The smallest absolute Gasteiger partial charge is 0.270 e. The number of amides is 1. The van der Waals surface area contributed by atoms with Crippen LogP contribution in [0.15, 0.2) is 28.9 Å². The molecule has 6 nitrogen and oxygen atoms in total. The first-order valence-electron chi connectivity index (χ1n) is 5.51. The summed E-state index contributed by atoms with van der Waals surface area (Å²) in [5.41, 5.74) is 6.40. The lowest BCUT2D eigenvalue weighted by Crippen LogP contribution is -2.27. The van der Waals surface area contributed by atoms with Gasteiger partial charge in [0.15, 0.2) is 0 Å². The van der Waals surface area contributed by atoms with Gasteiger partial charge in [-0.15, -0.1) is 0 Å². The lowest BCUT2D eigenvalue weighted by Gasteiger charge is -2.11. The molecule has 3 N–H and O–H groups in total. The number of anilines is 1. The second-order valence-corrected chi connectivity index (χ2v) is 3.96. The molecule has 0 aliphatic rings. The number of furan rings is 1. The SMILES string of the molecule is Cc1cc(C(=O)NC(C)c2ccco2)nc(N)n1. The molecule has 1 amide bonds. The number of nitrogen functional groups attached to an aromatic ring is 1. The van der Waals surface area contributed by atoms with Crippen LogP contribution in [0.2, 0.25) is 0 Å². The molecule has 18 heavy (non-hydrogen) atoms. The molecule has 1 atom stereocenters. The molecular formula is C12H14N4O2. The van der Waals surface area contributed by atoms with Gasteiger partial charge in [-0.05, 0) is 32.0 Å². The molecular weight excluding hydrogens is 232 g/mol. The molecule has 2 aromatic heterocycles. The van der Waals surface area contributed by atoms with E-state index in [9.17, 15) is 4.79 Å². The number of rotatable bonds is 3. The van der Waals surface area contributed by atoms with Crippen molar-refractivity contribution in [3.8, 4) is 0 Å². The Bertz CT molecular complexity index is 531. The second-order valence-electron chi connectivity index (χ2n) is 3.96. The molecule has 0 aromatic carbocycles. The predicted octanol–water partition coefficient (Wildman–Crippen LogP) is 1.45. The number of hydrogen-bond acceptors (Lipinski definition) is 5. The average molecular weight is 246 g/mol. The number of nitrogens with zero attached hydrogens (tertiary/aromatic N) is 2. The first-order chi connectivity index (χ1) is 8.56. The molecule has 0 bridgehead atoms. The van der Waals surface area contributed by atoms with E-state index >= 15 is 0 Å². The minimum absolute atomic E-state index is 0.0887. The van der Waals surface area contributed by atoms with E-state index in [2.05, 4.69) is 15.3 Å². The van der Waals surface area contributed by atoms with Gasteiger partial charge in [-0.1, -0.05) is 0 Å². The summed E-state index contributed by atoms with van der Waals surface area (Å²) < 4.78 is 5.21. The van der Waals surface area contributed by atoms with Crippen LogP contribution in [-0.4, -0.2) is 15.9 Å². The minimum Gasteiger partial charge on any atom is -0.467 e. The van der Waals surface area contributed by atoms with E-state index in [0.717, 1.165) is 0 Å². The van der Waals surface area contributed by atoms with E-state index < -0.39 is 0 Å². The van der Waals surface area contributed by atoms with Crippen LogP contribution < -0.4 is 11.1 Å². The number of aryl methyl sites for hydroxylation is 1. The van der Waals surface area contributed by atoms with Gasteiger partial charge in [0.05, 0.1) is 12.3 Å². The number of nitrogens with two attached hydrogens (primary N) is 1. The van der Waals surface area contributed by atoms with Gasteiger partial charge in [-0.25, -0.2) is 9.97 Å². The van der Waals surface area contributed by atoms with E-state index in [0.29, 0.717) is 11.5 Å². The minimum atomic E-state index is -0.309. The number of carbonyl (C=O) groups excluding carboxylic acids is 1. The van der Waals surface area contributed by atoms with E-state index in [1.807, 2.05) is 6.92 Å². The first-order valence-corrected chi connectivity index (χ1v) is 5.51. The fraction of sp³-hybridized carbons (Fsp3) is 0.250. The largest absolute Gasteiger partial charge is 0.467 e. The van der Waals surface area contributed by atoms with Crippen molar-refractivity contribution in [2.75, 3.05) is 5.73 Å². The Labute approximate surface area is 104 Å². The molecule has 2 aromatic rings. The van der Waals surface area contributed by atoms with Crippen molar-refractivity contribution in [2.24, 2.45) is 0 Å². The Balaban J connectivity index is 2.12. The van der Waals surface area contributed by atoms with Crippen LogP contribution in [0.5, 0.6) is 0 Å². The molecule has 94 valence electrons. The Morgan fingerprint density at radius 3 is 2.89 bits per heavy atom. The molecule has 0 saturated heterocycles. The maximum absolute atomic E-state index is 12.0. The van der Waals surface area contributed by atoms with Crippen LogP contribution >= 0.6 is 0 Å². The topological polar surface area (TPSA) is 94.0 Å². The quantitative estimate of drug-likeness (QED) is 0.854. The molecule has 0 saturated carbocycles. The summed E-state index contributed by atoms with van der Waals surface area (Å²) in [5.74, 6) is 0.462. The Morgan fingerprint density at radius 1 is 1.50 bits per heavy atom. The van der Waals surface area contributed by atoms with Crippen molar-refractivity contribution < 1.29 is 9.21 Å². The van der Waals surface area contributed by atoms with Gasteiger partial charge >= 0.3 is 0 Å². The van der Waals surface area contributed by atoms with Gasteiger partial charge in [0.1, 0.15) is 11.5 Å². The van der Waals surface area contributed by atoms with Gasteiger partial charge in [0, 0.05) is 5.69 Å². The molecule has 6 heteroatoms. The maximum atomic E-state index is 12.0. The fourth-order valence-electron chi connectivity index (χ4n) is 1.59. The monoisotopic (exact) mass is 246 g/mol. The highest BCUT2D eigenvalue weighted by Crippen LogP contribution is 2.13. The summed E-state index contributed by atoms with van der Waals surface area (Å²) in [6, 6.07) is 4.92. The van der Waals surface area contributed by atoms with Gasteiger partial charge in [0.25, 0.3) is 5.91 Å². The van der Waals surface area contributed by atoms with E-state index in [1.54, 1.807) is 31.4 Å². The van der Waals surface area contributed by atoms with Gasteiger partial charge in [0.2, 0.25) is 5.95 Å². The highest BCUT2D eigenvalue weighted by atomic mass is 16.3. The van der Waals surface area contributed by atoms with E-state index in [-0.39, 0.29) is 23.6 Å². The van der Waals surface area contributed by atoms with Crippen LogP contribution in [0.4, 0.5) is 5.95 Å². The molecule has 0 fully saturated rings. The van der Waals surface area contributed by atoms with Crippen molar-refractivity contribution in [2.45, 2.75) is 19.9 Å². The average Bonchev–Trinajstić information content (AvgIpc) is 2.80.